The van der Waals surface area contributed by atoms with Crippen LogP contribution in [0, 0.1) is 6.92 Å². The summed E-state index contributed by atoms with van der Waals surface area (Å²) < 4.78 is 5.06. The van der Waals surface area contributed by atoms with E-state index >= 15 is 0 Å². The van der Waals surface area contributed by atoms with Gasteiger partial charge in [-0.15, -0.1) is 0 Å². The number of rotatable bonds is 9. The molecule has 5 heteroatoms. The minimum absolute atomic E-state index is 0.0104. The minimum atomic E-state index is -0.0104. The number of amides is 1. The zero-order chi connectivity index (χ0) is 14.8. The highest BCUT2D eigenvalue weighted by molar-refractivity contribution is 5.92. The molecule has 20 heavy (non-hydrogen) atoms. The van der Waals surface area contributed by atoms with E-state index < -0.39 is 0 Å². The smallest absolute Gasteiger partial charge is 0.238 e. The van der Waals surface area contributed by atoms with Crippen LogP contribution in [0.4, 0.5) is 5.69 Å². The summed E-state index contributed by atoms with van der Waals surface area (Å²) in [4.78, 5) is 14.1. The number of anilines is 1. The molecule has 3 N–H and O–H groups in total. The highest BCUT2D eigenvalue weighted by Crippen LogP contribution is 2.09. The lowest BCUT2D eigenvalue weighted by Crippen LogP contribution is -2.36. The van der Waals surface area contributed by atoms with Crippen LogP contribution in [0.15, 0.2) is 24.3 Å². The molecular formula is C15H25N3O2. The molecule has 1 aromatic carbocycles. The molecule has 0 aliphatic carbocycles. The Hall–Kier alpha value is -1.43. The topological polar surface area (TPSA) is 67.6 Å². The highest BCUT2D eigenvalue weighted by atomic mass is 16.5. The van der Waals surface area contributed by atoms with Gasteiger partial charge in [-0.2, -0.15) is 0 Å². The van der Waals surface area contributed by atoms with E-state index in [4.69, 9.17) is 10.5 Å². The van der Waals surface area contributed by atoms with E-state index in [1.807, 2.05) is 31.2 Å². The van der Waals surface area contributed by atoms with Crippen molar-refractivity contribution in [1.82, 2.24) is 4.90 Å². The van der Waals surface area contributed by atoms with Crippen molar-refractivity contribution < 1.29 is 9.53 Å². The molecule has 1 aromatic rings. The van der Waals surface area contributed by atoms with Gasteiger partial charge in [0.1, 0.15) is 0 Å². The van der Waals surface area contributed by atoms with E-state index in [1.165, 1.54) is 0 Å². The summed E-state index contributed by atoms with van der Waals surface area (Å²) in [7, 11) is 1.66. The van der Waals surface area contributed by atoms with Gasteiger partial charge in [0.05, 0.1) is 13.2 Å². The maximum Gasteiger partial charge on any atom is 0.238 e. The molecule has 0 aliphatic rings. The van der Waals surface area contributed by atoms with Crippen LogP contribution in [0.5, 0.6) is 0 Å². The summed E-state index contributed by atoms with van der Waals surface area (Å²) in [5.74, 6) is -0.0104. The zero-order valence-electron chi connectivity index (χ0n) is 12.4. The average molecular weight is 279 g/mol. The van der Waals surface area contributed by atoms with Crippen molar-refractivity contribution in [2.75, 3.05) is 45.2 Å². The highest BCUT2D eigenvalue weighted by Gasteiger charge is 2.10. The Balaban J connectivity index is 2.47. The Kier molecular flexibility index (Phi) is 7.87. The summed E-state index contributed by atoms with van der Waals surface area (Å²) in [6.07, 6.45) is 0.876. The van der Waals surface area contributed by atoms with Gasteiger partial charge in [0.15, 0.2) is 0 Å². The molecule has 1 amide bonds. The zero-order valence-corrected chi connectivity index (χ0v) is 12.4. The fourth-order valence-corrected chi connectivity index (χ4v) is 1.93. The maximum atomic E-state index is 12.0. The fraction of sp³-hybridized carbons (Fsp3) is 0.533. The molecular weight excluding hydrogens is 254 g/mol. The number of hydrogen-bond acceptors (Lipinski definition) is 4. The number of hydrogen-bond donors (Lipinski definition) is 2. The molecule has 0 fully saturated rings. The molecule has 0 bridgehead atoms. The third-order valence-corrected chi connectivity index (χ3v) is 2.96. The van der Waals surface area contributed by atoms with Crippen molar-refractivity contribution in [3.05, 3.63) is 29.8 Å². The summed E-state index contributed by atoms with van der Waals surface area (Å²) in [5, 5.41) is 2.91. The van der Waals surface area contributed by atoms with Gasteiger partial charge in [-0.3, -0.25) is 9.69 Å². The van der Waals surface area contributed by atoms with Crippen LogP contribution in [0.2, 0.25) is 0 Å². The van der Waals surface area contributed by atoms with Crippen molar-refractivity contribution in [2.24, 2.45) is 5.73 Å². The number of nitrogens with two attached hydrogens (primary N) is 1. The molecule has 0 atom stereocenters. The van der Waals surface area contributed by atoms with Crippen molar-refractivity contribution in [2.45, 2.75) is 13.3 Å². The normalized spacial score (nSPS) is 10.8. The Morgan fingerprint density at radius 2 is 2.20 bits per heavy atom. The molecule has 0 spiro atoms. The Morgan fingerprint density at radius 3 is 2.85 bits per heavy atom. The van der Waals surface area contributed by atoms with Gasteiger partial charge in [0.25, 0.3) is 0 Å². The predicted octanol–water partition coefficient (Wildman–Crippen LogP) is 1.23. The quantitative estimate of drug-likeness (QED) is 0.713. The number of benzene rings is 1. The molecule has 0 radical (unpaired) electrons. The number of nitrogens with zero attached hydrogens (tertiary/aromatic N) is 1. The van der Waals surface area contributed by atoms with E-state index in [0.29, 0.717) is 19.7 Å². The van der Waals surface area contributed by atoms with Crippen molar-refractivity contribution in [3.8, 4) is 0 Å². The molecule has 0 aliphatic heterocycles. The largest absolute Gasteiger partial charge is 0.383 e. The van der Waals surface area contributed by atoms with Crippen molar-refractivity contribution in [3.63, 3.8) is 0 Å². The number of carbonyl (C=O) groups is 1. The van der Waals surface area contributed by atoms with Gasteiger partial charge in [-0.05, 0) is 44.1 Å². The first kappa shape index (κ1) is 16.6. The first-order chi connectivity index (χ1) is 9.65. The standard InChI is InChI=1S/C15H25N3O2/c1-13-5-3-6-14(11-13)17-15(19)12-18(8-4-7-16)9-10-20-2/h3,5-6,11H,4,7-10,12,16H2,1-2H3,(H,17,19). The van der Waals surface area contributed by atoms with E-state index in [0.717, 1.165) is 30.8 Å². The summed E-state index contributed by atoms with van der Waals surface area (Å²) in [6.45, 7) is 5.14. The van der Waals surface area contributed by atoms with E-state index in [-0.39, 0.29) is 5.91 Å². The maximum absolute atomic E-state index is 12.0. The van der Waals surface area contributed by atoms with Gasteiger partial charge >= 0.3 is 0 Å². The van der Waals surface area contributed by atoms with Gasteiger partial charge in [-0.25, -0.2) is 0 Å². The summed E-state index contributed by atoms with van der Waals surface area (Å²) in [6, 6.07) is 7.78. The Morgan fingerprint density at radius 1 is 1.40 bits per heavy atom. The number of ether oxygens (including phenoxy) is 1. The molecule has 5 nitrogen and oxygen atoms in total. The molecule has 0 heterocycles. The van der Waals surface area contributed by atoms with Crippen LogP contribution in [-0.4, -0.2) is 50.7 Å². The van der Waals surface area contributed by atoms with Crippen LogP contribution in [0.1, 0.15) is 12.0 Å². The second kappa shape index (κ2) is 9.47. The SMILES string of the molecule is COCCN(CCCN)CC(=O)Nc1cccc(C)c1. The molecule has 112 valence electrons. The molecule has 0 unspecified atom stereocenters. The lowest BCUT2D eigenvalue weighted by molar-refractivity contribution is -0.117. The van der Waals surface area contributed by atoms with Crippen molar-refractivity contribution in [1.29, 1.82) is 0 Å². The lowest BCUT2D eigenvalue weighted by Gasteiger charge is -2.21. The number of nitrogens with one attached hydrogen (secondary N) is 1. The monoisotopic (exact) mass is 279 g/mol. The van der Waals surface area contributed by atoms with Crippen LogP contribution in [-0.2, 0) is 9.53 Å². The third kappa shape index (κ3) is 6.65. The summed E-state index contributed by atoms with van der Waals surface area (Å²) in [5.41, 5.74) is 7.48. The van der Waals surface area contributed by atoms with Gasteiger partial charge in [-0.1, -0.05) is 12.1 Å². The first-order valence-corrected chi connectivity index (χ1v) is 6.93. The first-order valence-electron chi connectivity index (χ1n) is 6.93. The van der Waals surface area contributed by atoms with Gasteiger partial charge < -0.3 is 15.8 Å². The van der Waals surface area contributed by atoms with E-state index in [1.54, 1.807) is 7.11 Å². The van der Waals surface area contributed by atoms with E-state index in [9.17, 15) is 4.79 Å². The predicted molar refractivity (Wildman–Crippen MR) is 81.8 cm³/mol. The van der Waals surface area contributed by atoms with E-state index in [2.05, 4.69) is 10.2 Å². The van der Waals surface area contributed by atoms with Crippen LogP contribution in [0.3, 0.4) is 0 Å². The molecule has 0 aromatic heterocycles. The second-order valence-electron chi connectivity index (χ2n) is 4.83. The Bertz CT molecular complexity index is 402. The molecule has 1 rings (SSSR count). The van der Waals surface area contributed by atoms with Crippen molar-refractivity contribution >= 4 is 11.6 Å². The number of aryl methyl sites for hydroxylation is 1. The second-order valence-corrected chi connectivity index (χ2v) is 4.83. The van der Waals surface area contributed by atoms with Gasteiger partial charge in [0.2, 0.25) is 5.91 Å². The minimum Gasteiger partial charge on any atom is -0.383 e. The summed E-state index contributed by atoms with van der Waals surface area (Å²) >= 11 is 0. The van der Waals surface area contributed by atoms with Crippen LogP contribution in [0.25, 0.3) is 0 Å². The number of carbonyl (C=O) groups excluding carboxylic acids is 1. The molecule has 0 saturated carbocycles. The van der Waals surface area contributed by atoms with Gasteiger partial charge in [0, 0.05) is 19.3 Å². The van der Waals surface area contributed by atoms with Crippen LogP contribution >= 0.6 is 0 Å². The number of methoxy groups -OCH3 is 1. The third-order valence-electron chi connectivity index (χ3n) is 2.96. The fourth-order valence-electron chi connectivity index (χ4n) is 1.93. The Labute approximate surface area is 121 Å². The average Bonchev–Trinajstić information content (AvgIpc) is 2.41. The van der Waals surface area contributed by atoms with Crippen LogP contribution < -0.4 is 11.1 Å². The lowest BCUT2D eigenvalue weighted by atomic mass is 10.2. The molecule has 0 saturated heterocycles.